The molecule has 2 N–H and O–H groups in total. The Morgan fingerprint density at radius 1 is 1.38 bits per heavy atom. The molecule has 0 unspecified atom stereocenters. The molecule has 0 saturated heterocycles. The summed E-state index contributed by atoms with van der Waals surface area (Å²) < 4.78 is 14.5. The maximum absolute atomic E-state index is 12.8. The van der Waals surface area contributed by atoms with Crippen LogP contribution in [0.25, 0.3) is 0 Å². The van der Waals surface area contributed by atoms with Gasteiger partial charge in [0, 0.05) is 12.3 Å². The number of rotatable bonds is 3. The van der Waals surface area contributed by atoms with Gasteiger partial charge in [-0.25, -0.2) is 4.39 Å². The molecule has 1 aromatic carbocycles. The molecule has 7 heteroatoms. The summed E-state index contributed by atoms with van der Waals surface area (Å²) in [6.07, 6.45) is 3.10. The minimum atomic E-state index is -0.500. The van der Waals surface area contributed by atoms with Crippen LogP contribution in [0.5, 0.6) is 5.88 Å². The second-order valence-electron chi connectivity index (χ2n) is 4.83. The van der Waals surface area contributed by atoms with Gasteiger partial charge in [-0.1, -0.05) is 0 Å². The van der Waals surface area contributed by atoms with Crippen LogP contribution in [0.1, 0.15) is 24.4 Å². The number of hydrogen-bond acceptors (Lipinski definition) is 4. The number of H-pyrrole nitrogens is 1. The number of nitrogens with zero attached hydrogens (tertiary/aromatic N) is 2. The summed E-state index contributed by atoms with van der Waals surface area (Å²) in [4.78, 5) is 18.5. The summed E-state index contributed by atoms with van der Waals surface area (Å²) in [7, 11) is 0. The van der Waals surface area contributed by atoms with Crippen molar-refractivity contribution in [3.63, 3.8) is 0 Å². The van der Waals surface area contributed by atoms with E-state index in [4.69, 9.17) is 12.2 Å². The highest BCUT2D eigenvalue weighted by Crippen LogP contribution is 2.37. The lowest BCUT2D eigenvalue weighted by Crippen LogP contribution is -2.18. The van der Waals surface area contributed by atoms with E-state index in [-0.39, 0.29) is 28.1 Å². The zero-order valence-corrected chi connectivity index (χ0v) is 11.7. The number of aromatic amines is 1. The van der Waals surface area contributed by atoms with Crippen molar-refractivity contribution in [2.24, 2.45) is 4.99 Å². The van der Waals surface area contributed by atoms with E-state index in [1.165, 1.54) is 35.0 Å². The normalized spacial score (nSPS) is 14.7. The third-order valence-corrected chi connectivity index (χ3v) is 3.53. The zero-order valence-electron chi connectivity index (χ0n) is 10.9. The van der Waals surface area contributed by atoms with Crippen LogP contribution in [-0.4, -0.2) is 20.9 Å². The first-order valence-electron chi connectivity index (χ1n) is 6.43. The van der Waals surface area contributed by atoms with Crippen LogP contribution in [0, 0.1) is 10.6 Å². The number of hydrogen-bond donors (Lipinski definition) is 2. The van der Waals surface area contributed by atoms with E-state index in [2.05, 4.69) is 9.98 Å². The van der Waals surface area contributed by atoms with Gasteiger partial charge in [-0.15, -0.1) is 0 Å². The Labute approximate surface area is 124 Å². The maximum atomic E-state index is 12.8. The quantitative estimate of drug-likeness (QED) is 0.676. The molecule has 108 valence electrons. The smallest absolute Gasteiger partial charge is 0.264 e. The number of halogens is 1. The van der Waals surface area contributed by atoms with Crippen molar-refractivity contribution in [3.8, 4) is 5.88 Å². The van der Waals surface area contributed by atoms with Crippen molar-refractivity contribution < 1.29 is 9.50 Å². The second kappa shape index (κ2) is 5.25. The largest absolute Gasteiger partial charge is 0.494 e. The molecular weight excluding hydrogens is 293 g/mol. The predicted octanol–water partition coefficient (Wildman–Crippen LogP) is 2.84. The highest BCUT2D eigenvalue weighted by molar-refractivity contribution is 7.71. The minimum absolute atomic E-state index is 0.0415. The first-order valence-corrected chi connectivity index (χ1v) is 6.84. The van der Waals surface area contributed by atoms with Crippen molar-refractivity contribution in [3.05, 3.63) is 50.8 Å². The van der Waals surface area contributed by atoms with E-state index in [0.717, 1.165) is 12.8 Å². The molecule has 0 spiro atoms. The molecule has 3 rings (SSSR count). The second-order valence-corrected chi connectivity index (χ2v) is 5.22. The number of aromatic hydroxyl groups is 1. The van der Waals surface area contributed by atoms with Crippen LogP contribution in [0.4, 0.5) is 10.1 Å². The van der Waals surface area contributed by atoms with Gasteiger partial charge in [-0.3, -0.25) is 19.3 Å². The van der Waals surface area contributed by atoms with Crippen LogP contribution in [0.2, 0.25) is 0 Å². The summed E-state index contributed by atoms with van der Waals surface area (Å²) in [6.45, 7) is 0. The van der Waals surface area contributed by atoms with Crippen molar-refractivity contribution in [1.29, 1.82) is 0 Å². The number of aliphatic imine (C=N–C) groups is 1. The van der Waals surface area contributed by atoms with E-state index in [1.54, 1.807) is 0 Å². The molecule has 1 heterocycles. The summed E-state index contributed by atoms with van der Waals surface area (Å²) >= 11 is 5.06. The fourth-order valence-electron chi connectivity index (χ4n) is 2.01. The molecule has 0 bridgehead atoms. The van der Waals surface area contributed by atoms with Gasteiger partial charge in [-0.2, -0.15) is 0 Å². The van der Waals surface area contributed by atoms with Crippen LogP contribution >= 0.6 is 12.2 Å². The first kappa shape index (κ1) is 13.7. The van der Waals surface area contributed by atoms with E-state index < -0.39 is 5.56 Å². The Morgan fingerprint density at radius 3 is 2.67 bits per heavy atom. The van der Waals surface area contributed by atoms with E-state index >= 15 is 0 Å². The predicted molar refractivity (Wildman–Crippen MR) is 79.5 cm³/mol. The van der Waals surface area contributed by atoms with Gasteiger partial charge in [-0.05, 0) is 49.3 Å². The van der Waals surface area contributed by atoms with Gasteiger partial charge in [0.2, 0.25) is 5.88 Å². The monoisotopic (exact) mass is 305 g/mol. The first-order chi connectivity index (χ1) is 10.1. The molecule has 1 fully saturated rings. The van der Waals surface area contributed by atoms with E-state index in [0.29, 0.717) is 5.69 Å². The van der Waals surface area contributed by atoms with Crippen LogP contribution in [-0.2, 0) is 0 Å². The molecular formula is C14H12FN3O2S. The lowest BCUT2D eigenvalue weighted by Gasteiger charge is -2.09. The van der Waals surface area contributed by atoms with E-state index in [1.807, 2.05) is 0 Å². The van der Waals surface area contributed by atoms with Crippen LogP contribution in [0.3, 0.4) is 0 Å². The third-order valence-electron chi connectivity index (χ3n) is 3.23. The number of aromatic nitrogens is 2. The zero-order chi connectivity index (χ0) is 15.0. The van der Waals surface area contributed by atoms with Crippen LogP contribution < -0.4 is 5.56 Å². The average molecular weight is 305 g/mol. The molecule has 0 aliphatic heterocycles. The molecule has 21 heavy (non-hydrogen) atoms. The van der Waals surface area contributed by atoms with Crippen molar-refractivity contribution in [2.45, 2.75) is 18.9 Å². The molecule has 1 aliphatic carbocycles. The Bertz CT molecular complexity index is 820. The summed E-state index contributed by atoms with van der Waals surface area (Å²) in [5.41, 5.74) is 0.0238. The van der Waals surface area contributed by atoms with Crippen molar-refractivity contribution in [2.75, 3.05) is 0 Å². The molecule has 1 aromatic heterocycles. The SMILES string of the molecule is O=c1[nH]c(=S)n(C2CC2)c(O)c1C=Nc1ccc(F)cc1. The third kappa shape index (κ3) is 2.78. The Balaban J connectivity index is 2.02. The topological polar surface area (TPSA) is 70.4 Å². The van der Waals surface area contributed by atoms with Crippen LogP contribution in [0.15, 0.2) is 34.1 Å². The lowest BCUT2D eigenvalue weighted by molar-refractivity contribution is 0.405. The molecule has 0 radical (unpaired) electrons. The van der Waals surface area contributed by atoms with Gasteiger partial charge in [0.15, 0.2) is 4.77 Å². The fraction of sp³-hybridized carbons (Fsp3) is 0.214. The number of benzene rings is 1. The summed E-state index contributed by atoms with van der Waals surface area (Å²) in [5.74, 6) is -0.547. The molecule has 5 nitrogen and oxygen atoms in total. The van der Waals surface area contributed by atoms with Gasteiger partial charge in [0.05, 0.1) is 5.69 Å². The molecule has 0 atom stereocenters. The van der Waals surface area contributed by atoms with Crippen molar-refractivity contribution in [1.82, 2.24) is 9.55 Å². The molecule has 0 amide bonds. The molecule has 1 aliphatic rings. The average Bonchev–Trinajstić information content (AvgIpc) is 3.25. The summed E-state index contributed by atoms with van der Waals surface area (Å²) in [5, 5.41) is 10.2. The minimum Gasteiger partial charge on any atom is -0.494 e. The Morgan fingerprint density at radius 2 is 2.05 bits per heavy atom. The lowest BCUT2D eigenvalue weighted by atomic mass is 10.3. The van der Waals surface area contributed by atoms with Gasteiger partial charge in [0.25, 0.3) is 5.56 Å². The Hall–Kier alpha value is -2.28. The number of nitrogens with one attached hydrogen (secondary N) is 1. The van der Waals surface area contributed by atoms with E-state index in [9.17, 15) is 14.3 Å². The highest BCUT2D eigenvalue weighted by Gasteiger charge is 2.27. The maximum Gasteiger partial charge on any atom is 0.264 e. The summed E-state index contributed by atoms with van der Waals surface area (Å²) in [6, 6.07) is 5.63. The standard InChI is InChI=1S/C14H12FN3O2S/c15-8-1-3-9(4-2-8)16-7-11-12(19)17-14(21)18(13(11)20)10-5-6-10/h1-4,7,10,20H,5-6H2,(H,17,19,21). The molecule has 2 aromatic rings. The molecule has 1 saturated carbocycles. The van der Waals surface area contributed by atoms with Gasteiger partial charge in [0.1, 0.15) is 11.4 Å². The van der Waals surface area contributed by atoms with Gasteiger partial charge >= 0.3 is 0 Å². The van der Waals surface area contributed by atoms with Gasteiger partial charge < -0.3 is 5.11 Å². The fourth-order valence-corrected chi connectivity index (χ4v) is 2.33. The van der Waals surface area contributed by atoms with Crippen molar-refractivity contribution >= 4 is 24.1 Å². The highest BCUT2D eigenvalue weighted by atomic mass is 32.1. The Kier molecular flexibility index (Phi) is 3.42.